The van der Waals surface area contributed by atoms with Crippen molar-refractivity contribution in [2.24, 2.45) is 11.7 Å². The van der Waals surface area contributed by atoms with Gasteiger partial charge in [-0.15, -0.1) is 0 Å². The van der Waals surface area contributed by atoms with E-state index >= 15 is 0 Å². The summed E-state index contributed by atoms with van der Waals surface area (Å²) >= 11 is 0. The molecule has 2 N–H and O–H groups in total. The summed E-state index contributed by atoms with van der Waals surface area (Å²) in [4.78, 5) is 0. The smallest absolute Gasteiger partial charge is 0.00392 e. The fourth-order valence-electron chi connectivity index (χ4n) is 1.78. The van der Waals surface area contributed by atoms with Gasteiger partial charge in [0.05, 0.1) is 0 Å². The topological polar surface area (TPSA) is 26.0 Å². The molecular formula is C10H19N. The monoisotopic (exact) mass is 153 g/mol. The molecule has 0 atom stereocenters. The van der Waals surface area contributed by atoms with Crippen LogP contribution in [0.2, 0.25) is 0 Å². The van der Waals surface area contributed by atoms with E-state index in [9.17, 15) is 0 Å². The summed E-state index contributed by atoms with van der Waals surface area (Å²) in [6.07, 6.45) is 7.42. The van der Waals surface area contributed by atoms with E-state index in [0.29, 0.717) is 6.04 Å². The van der Waals surface area contributed by atoms with E-state index in [4.69, 9.17) is 5.73 Å². The van der Waals surface area contributed by atoms with Crippen LogP contribution in [0.4, 0.5) is 0 Å². The van der Waals surface area contributed by atoms with Gasteiger partial charge in [-0.2, -0.15) is 0 Å². The van der Waals surface area contributed by atoms with Gasteiger partial charge < -0.3 is 5.73 Å². The zero-order chi connectivity index (χ0) is 8.27. The maximum absolute atomic E-state index is 5.81. The van der Waals surface area contributed by atoms with E-state index < -0.39 is 0 Å². The Bertz CT molecular complexity index is 137. The number of hydrogen-bond donors (Lipinski definition) is 1. The molecule has 1 heteroatoms. The highest BCUT2D eigenvalue weighted by Crippen LogP contribution is 2.24. The van der Waals surface area contributed by atoms with Crippen LogP contribution in [0.1, 0.15) is 39.5 Å². The van der Waals surface area contributed by atoms with Gasteiger partial charge >= 0.3 is 0 Å². The molecule has 0 radical (unpaired) electrons. The Hall–Kier alpha value is -0.300. The lowest BCUT2D eigenvalue weighted by Crippen LogP contribution is -2.25. The molecule has 0 aliphatic heterocycles. The van der Waals surface area contributed by atoms with E-state index in [-0.39, 0.29) is 0 Å². The van der Waals surface area contributed by atoms with Gasteiger partial charge in [-0.3, -0.25) is 0 Å². The maximum atomic E-state index is 5.81. The van der Waals surface area contributed by atoms with Crippen molar-refractivity contribution in [3.63, 3.8) is 0 Å². The van der Waals surface area contributed by atoms with Gasteiger partial charge in [-0.05, 0) is 45.4 Å². The third kappa shape index (κ3) is 3.06. The molecule has 64 valence electrons. The molecule has 0 aromatic heterocycles. The highest BCUT2D eigenvalue weighted by atomic mass is 14.6. The molecule has 11 heavy (non-hydrogen) atoms. The van der Waals surface area contributed by atoms with Crippen molar-refractivity contribution < 1.29 is 0 Å². The maximum Gasteiger partial charge on any atom is 0.00392 e. The molecule has 0 heterocycles. The van der Waals surface area contributed by atoms with Gasteiger partial charge in [-0.25, -0.2) is 0 Å². The van der Waals surface area contributed by atoms with Crippen molar-refractivity contribution in [3.8, 4) is 0 Å². The molecule has 0 bridgehead atoms. The van der Waals surface area contributed by atoms with Gasteiger partial charge in [0.15, 0.2) is 0 Å². The summed E-state index contributed by atoms with van der Waals surface area (Å²) in [5.41, 5.74) is 7.26. The Labute approximate surface area is 69.7 Å². The van der Waals surface area contributed by atoms with Crippen LogP contribution in [0.3, 0.4) is 0 Å². The number of rotatable bonds is 1. The van der Waals surface area contributed by atoms with E-state index in [1.165, 1.54) is 31.3 Å². The zero-order valence-corrected chi connectivity index (χ0v) is 7.64. The first-order valence-electron chi connectivity index (χ1n) is 4.59. The van der Waals surface area contributed by atoms with Crippen LogP contribution in [-0.4, -0.2) is 6.04 Å². The molecule has 0 aromatic carbocycles. The van der Waals surface area contributed by atoms with E-state index in [1.807, 2.05) is 0 Å². The zero-order valence-electron chi connectivity index (χ0n) is 7.64. The first kappa shape index (κ1) is 8.79. The third-order valence-electron chi connectivity index (χ3n) is 2.39. The van der Waals surface area contributed by atoms with Crippen molar-refractivity contribution in [1.29, 1.82) is 0 Å². The molecule has 0 aromatic rings. The average molecular weight is 153 g/mol. The van der Waals surface area contributed by atoms with Crippen LogP contribution in [0.5, 0.6) is 0 Å². The first-order chi connectivity index (χ1) is 5.18. The van der Waals surface area contributed by atoms with Crippen molar-refractivity contribution in [1.82, 2.24) is 0 Å². The van der Waals surface area contributed by atoms with Crippen molar-refractivity contribution >= 4 is 0 Å². The Kier molecular flexibility index (Phi) is 3.13. The number of nitrogens with two attached hydrogens (primary N) is 1. The van der Waals surface area contributed by atoms with Gasteiger partial charge in [0, 0.05) is 6.04 Å². The SMILES string of the molecule is CC(C)=CC1CCC(N)CC1. The van der Waals surface area contributed by atoms with Crippen molar-refractivity contribution in [2.45, 2.75) is 45.6 Å². The molecule has 1 aliphatic carbocycles. The van der Waals surface area contributed by atoms with Crippen LogP contribution < -0.4 is 5.73 Å². The first-order valence-corrected chi connectivity index (χ1v) is 4.59. The second-order valence-corrected chi connectivity index (χ2v) is 3.92. The lowest BCUT2D eigenvalue weighted by molar-refractivity contribution is 0.374. The van der Waals surface area contributed by atoms with E-state index in [2.05, 4.69) is 19.9 Å². The highest BCUT2D eigenvalue weighted by molar-refractivity contribution is 4.98. The number of hydrogen-bond acceptors (Lipinski definition) is 1. The molecule has 0 amide bonds. The summed E-state index contributed by atoms with van der Waals surface area (Å²) in [6, 6.07) is 0.483. The molecule has 1 aliphatic rings. The Morgan fingerprint density at radius 1 is 1.18 bits per heavy atom. The Morgan fingerprint density at radius 3 is 2.18 bits per heavy atom. The van der Waals surface area contributed by atoms with Crippen LogP contribution in [0, 0.1) is 5.92 Å². The van der Waals surface area contributed by atoms with Crippen molar-refractivity contribution in [3.05, 3.63) is 11.6 Å². The standard InChI is InChI=1S/C10H19N/c1-8(2)7-9-3-5-10(11)6-4-9/h7,9-10H,3-6,11H2,1-2H3. The minimum absolute atomic E-state index is 0.483. The lowest BCUT2D eigenvalue weighted by Gasteiger charge is -2.23. The molecule has 0 spiro atoms. The Balaban J connectivity index is 2.34. The summed E-state index contributed by atoms with van der Waals surface area (Å²) in [7, 11) is 0. The molecular weight excluding hydrogens is 134 g/mol. The normalized spacial score (nSPS) is 31.5. The van der Waals surface area contributed by atoms with Crippen LogP contribution in [0.15, 0.2) is 11.6 Å². The highest BCUT2D eigenvalue weighted by Gasteiger charge is 2.15. The number of allylic oxidation sites excluding steroid dienone is 2. The predicted molar refractivity (Wildman–Crippen MR) is 49.4 cm³/mol. The predicted octanol–water partition coefficient (Wildman–Crippen LogP) is 2.47. The van der Waals surface area contributed by atoms with E-state index in [1.54, 1.807) is 0 Å². The Morgan fingerprint density at radius 2 is 1.73 bits per heavy atom. The van der Waals surface area contributed by atoms with Crippen LogP contribution >= 0.6 is 0 Å². The third-order valence-corrected chi connectivity index (χ3v) is 2.39. The molecule has 1 nitrogen and oxygen atoms in total. The molecule has 0 saturated heterocycles. The van der Waals surface area contributed by atoms with Crippen LogP contribution in [-0.2, 0) is 0 Å². The molecule has 0 unspecified atom stereocenters. The van der Waals surface area contributed by atoms with Crippen LogP contribution in [0.25, 0.3) is 0 Å². The summed E-state index contributed by atoms with van der Waals surface area (Å²) in [5, 5.41) is 0. The minimum Gasteiger partial charge on any atom is -0.328 e. The second-order valence-electron chi connectivity index (χ2n) is 3.92. The second kappa shape index (κ2) is 3.91. The average Bonchev–Trinajstić information content (AvgIpc) is 1.93. The molecule has 1 rings (SSSR count). The fourth-order valence-corrected chi connectivity index (χ4v) is 1.78. The van der Waals surface area contributed by atoms with Gasteiger partial charge in [-0.1, -0.05) is 11.6 Å². The summed E-state index contributed by atoms with van der Waals surface area (Å²) < 4.78 is 0. The van der Waals surface area contributed by atoms with E-state index in [0.717, 1.165) is 5.92 Å². The lowest BCUT2D eigenvalue weighted by atomic mass is 9.85. The fraction of sp³-hybridized carbons (Fsp3) is 0.800. The van der Waals surface area contributed by atoms with Gasteiger partial charge in [0.2, 0.25) is 0 Å². The quantitative estimate of drug-likeness (QED) is 0.575. The van der Waals surface area contributed by atoms with Gasteiger partial charge in [0.25, 0.3) is 0 Å². The molecule has 1 fully saturated rings. The van der Waals surface area contributed by atoms with Crippen molar-refractivity contribution in [2.75, 3.05) is 0 Å². The summed E-state index contributed by atoms with van der Waals surface area (Å²) in [6.45, 7) is 4.35. The minimum atomic E-state index is 0.483. The summed E-state index contributed by atoms with van der Waals surface area (Å²) in [5.74, 6) is 0.819. The molecule has 1 saturated carbocycles. The van der Waals surface area contributed by atoms with Gasteiger partial charge in [0.1, 0.15) is 0 Å². The largest absolute Gasteiger partial charge is 0.328 e.